The van der Waals surface area contributed by atoms with Crippen LogP contribution in [0.1, 0.15) is 37.5 Å². The van der Waals surface area contributed by atoms with E-state index in [-0.39, 0.29) is 40.4 Å². The molecule has 0 bridgehead atoms. The van der Waals surface area contributed by atoms with E-state index in [1.165, 1.54) is 0 Å². The smallest absolute Gasteiger partial charge is 0.337 e. The van der Waals surface area contributed by atoms with Gasteiger partial charge in [-0.05, 0) is 36.6 Å². The number of Topliss-reactive ketones (excluding diaryl/α,β-unsaturated/α-hetero) is 1. The molecule has 0 aliphatic carbocycles. The van der Waals surface area contributed by atoms with Crippen molar-refractivity contribution < 1.29 is 28.7 Å². The van der Waals surface area contributed by atoms with Gasteiger partial charge in [0.05, 0.1) is 16.6 Å². The molecule has 3 aromatic rings. The molecule has 2 aromatic carbocycles. The first-order valence-corrected chi connectivity index (χ1v) is 10.1. The average molecular weight is 437 g/mol. The van der Waals surface area contributed by atoms with E-state index in [9.17, 15) is 28.7 Å². The van der Waals surface area contributed by atoms with Crippen LogP contribution in [0, 0.1) is 11.7 Å². The molecule has 164 valence electrons. The van der Waals surface area contributed by atoms with Crippen molar-refractivity contribution in [3.63, 3.8) is 0 Å². The van der Waals surface area contributed by atoms with E-state index >= 15 is 0 Å². The summed E-state index contributed by atoms with van der Waals surface area (Å²) in [4.78, 5) is 53.2. The highest BCUT2D eigenvalue weighted by atomic mass is 19.1. The summed E-state index contributed by atoms with van der Waals surface area (Å²) in [5.41, 5.74) is 0.106. The van der Waals surface area contributed by atoms with Gasteiger partial charge in [0.15, 0.2) is 0 Å². The van der Waals surface area contributed by atoms with E-state index in [1.54, 1.807) is 29.2 Å². The Balaban J connectivity index is 1.40. The van der Waals surface area contributed by atoms with Crippen LogP contribution >= 0.6 is 0 Å². The summed E-state index contributed by atoms with van der Waals surface area (Å²) in [6, 6.07) is 10.9. The molecular weight excluding hydrogens is 417 g/mol. The molecule has 1 aliphatic rings. The molecule has 0 spiro atoms. The zero-order valence-electron chi connectivity index (χ0n) is 16.9. The fourth-order valence-corrected chi connectivity index (χ4v) is 3.95. The normalized spacial score (nSPS) is 15.7. The van der Waals surface area contributed by atoms with Crippen molar-refractivity contribution in [2.75, 3.05) is 19.6 Å². The van der Waals surface area contributed by atoms with Crippen molar-refractivity contribution in [3.8, 4) is 0 Å². The number of likely N-dealkylation sites (tertiary alicyclic amines) is 1. The van der Waals surface area contributed by atoms with Crippen LogP contribution in [0.25, 0.3) is 10.9 Å². The number of benzene rings is 2. The number of rotatable bonds is 6. The van der Waals surface area contributed by atoms with Crippen molar-refractivity contribution in [3.05, 3.63) is 71.2 Å². The lowest BCUT2D eigenvalue weighted by Crippen LogP contribution is -2.36. The number of carbonyl (C=O) groups excluding carboxylic acids is 3. The van der Waals surface area contributed by atoms with Gasteiger partial charge in [0.25, 0.3) is 17.6 Å². The SMILES string of the molecule is O=C(NCC1CCN(C(=O)c2ccccc2)C1)C(=O)c1c[nH]c2c(C(=O)O)ccc(F)c12. The summed E-state index contributed by atoms with van der Waals surface area (Å²) in [5.74, 6) is -4.06. The molecule has 1 unspecified atom stereocenters. The van der Waals surface area contributed by atoms with E-state index in [2.05, 4.69) is 10.3 Å². The number of amides is 2. The number of aromatic carboxylic acids is 1. The Morgan fingerprint density at radius 3 is 2.56 bits per heavy atom. The van der Waals surface area contributed by atoms with Crippen LogP contribution in [0.5, 0.6) is 0 Å². The third-order valence-electron chi connectivity index (χ3n) is 5.61. The predicted octanol–water partition coefficient (Wildman–Crippen LogP) is 2.47. The molecule has 8 nitrogen and oxygen atoms in total. The molecule has 1 fully saturated rings. The number of carbonyl (C=O) groups is 4. The molecule has 3 N–H and O–H groups in total. The largest absolute Gasteiger partial charge is 0.478 e. The minimum absolute atomic E-state index is 0.0160. The van der Waals surface area contributed by atoms with Crippen LogP contribution in [0.2, 0.25) is 0 Å². The van der Waals surface area contributed by atoms with Gasteiger partial charge in [-0.1, -0.05) is 18.2 Å². The lowest BCUT2D eigenvalue weighted by atomic mass is 10.0. The third kappa shape index (κ3) is 3.96. The van der Waals surface area contributed by atoms with E-state index in [0.29, 0.717) is 25.1 Å². The number of carboxylic acid groups (broad SMARTS) is 1. The Kier molecular flexibility index (Phi) is 5.72. The van der Waals surface area contributed by atoms with Crippen LogP contribution in [0.15, 0.2) is 48.7 Å². The van der Waals surface area contributed by atoms with E-state index in [4.69, 9.17) is 0 Å². The molecule has 1 atom stereocenters. The van der Waals surface area contributed by atoms with Gasteiger partial charge in [0.1, 0.15) is 5.82 Å². The quantitative estimate of drug-likeness (QED) is 0.404. The number of aromatic nitrogens is 1. The Labute approximate surface area is 182 Å². The zero-order valence-corrected chi connectivity index (χ0v) is 16.9. The van der Waals surface area contributed by atoms with Gasteiger partial charge in [0, 0.05) is 36.8 Å². The summed E-state index contributed by atoms with van der Waals surface area (Å²) < 4.78 is 14.3. The minimum atomic E-state index is -1.28. The molecule has 0 radical (unpaired) electrons. The molecule has 32 heavy (non-hydrogen) atoms. The Morgan fingerprint density at radius 1 is 1.09 bits per heavy atom. The molecule has 2 heterocycles. The number of halogens is 1. The maximum atomic E-state index is 14.3. The topological polar surface area (TPSA) is 120 Å². The first-order chi connectivity index (χ1) is 15.4. The summed E-state index contributed by atoms with van der Waals surface area (Å²) in [7, 11) is 0. The minimum Gasteiger partial charge on any atom is -0.478 e. The van der Waals surface area contributed by atoms with E-state index in [0.717, 1.165) is 18.3 Å². The lowest BCUT2D eigenvalue weighted by molar-refractivity contribution is -0.117. The first-order valence-electron chi connectivity index (χ1n) is 10.1. The van der Waals surface area contributed by atoms with Crippen LogP contribution in [-0.4, -0.2) is 58.2 Å². The number of nitrogens with zero attached hydrogens (tertiary/aromatic N) is 1. The van der Waals surface area contributed by atoms with Gasteiger partial charge in [-0.2, -0.15) is 0 Å². The molecule has 1 saturated heterocycles. The second kappa shape index (κ2) is 8.62. The first kappa shape index (κ1) is 21.2. The van der Waals surface area contributed by atoms with Crippen molar-refractivity contribution in [1.82, 2.24) is 15.2 Å². The average Bonchev–Trinajstić information content (AvgIpc) is 3.45. The van der Waals surface area contributed by atoms with E-state index < -0.39 is 23.5 Å². The molecular formula is C23H20FN3O5. The van der Waals surface area contributed by atoms with Crippen LogP contribution in [0.3, 0.4) is 0 Å². The molecule has 9 heteroatoms. The number of aromatic amines is 1. The van der Waals surface area contributed by atoms with Crippen LogP contribution in [0.4, 0.5) is 4.39 Å². The summed E-state index contributed by atoms with van der Waals surface area (Å²) in [5, 5.41) is 11.6. The lowest BCUT2D eigenvalue weighted by Gasteiger charge is -2.16. The highest BCUT2D eigenvalue weighted by Gasteiger charge is 2.29. The second-order valence-corrected chi connectivity index (χ2v) is 7.66. The van der Waals surface area contributed by atoms with Gasteiger partial charge < -0.3 is 20.3 Å². The van der Waals surface area contributed by atoms with E-state index in [1.807, 2.05) is 6.07 Å². The maximum Gasteiger partial charge on any atom is 0.337 e. The van der Waals surface area contributed by atoms with Crippen LogP contribution < -0.4 is 5.32 Å². The number of fused-ring (bicyclic) bond motifs is 1. The maximum absolute atomic E-state index is 14.3. The summed E-state index contributed by atoms with van der Waals surface area (Å²) in [6.07, 6.45) is 1.81. The number of carboxylic acids is 1. The number of ketones is 1. The van der Waals surface area contributed by atoms with Gasteiger partial charge in [-0.15, -0.1) is 0 Å². The van der Waals surface area contributed by atoms with Crippen molar-refractivity contribution in [2.24, 2.45) is 5.92 Å². The fraction of sp³-hybridized carbons (Fsp3) is 0.217. The van der Waals surface area contributed by atoms with Gasteiger partial charge in [-0.3, -0.25) is 14.4 Å². The Morgan fingerprint density at radius 2 is 1.84 bits per heavy atom. The highest BCUT2D eigenvalue weighted by Crippen LogP contribution is 2.26. The van der Waals surface area contributed by atoms with Crippen LogP contribution in [-0.2, 0) is 4.79 Å². The summed E-state index contributed by atoms with van der Waals surface area (Å²) in [6.45, 7) is 1.19. The number of hydrogen-bond donors (Lipinski definition) is 3. The number of hydrogen-bond acceptors (Lipinski definition) is 4. The number of H-pyrrole nitrogens is 1. The summed E-state index contributed by atoms with van der Waals surface area (Å²) >= 11 is 0. The highest BCUT2D eigenvalue weighted by molar-refractivity contribution is 6.45. The van der Waals surface area contributed by atoms with Crippen molar-refractivity contribution >= 4 is 34.5 Å². The van der Waals surface area contributed by atoms with Gasteiger partial charge in [0.2, 0.25) is 0 Å². The molecule has 2 amide bonds. The zero-order chi connectivity index (χ0) is 22.8. The van der Waals surface area contributed by atoms with Crippen molar-refractivity contribution in [2.45, 2.75) is 6.42 Å². The standard InChI is InChI=1S/C23H20FN3O5/c24-17-7-6-15(23(31)32)19-18(17)16(11-25-19)20(28)21(29)26-10-13-8-9-27(12-13)22(30)14-4-2-1-3-5-14/h1-7,11,13,25H,8-10,12H2,(H,26,29)(H,31,32). The molecule has 1 aromatic heterocycles. The Bertz CT molecular complexity index is 1220. The molecule has 1 aliphatic heterocycles. The molecule has 4 rings (SSSR count). The van der Waals surface area contributed by atoms with Crippen molar-refractivity contribution in [1.29, 1.82) is 0 Å². The Hall–Kier alpha value is -4.01. The third-order valence-corrected chi connectivity index (χ3v) is 5.61. The molecule has 0 saturated carbocycles. The predicted molar refractivity (Wildman–Crippen MR) is 113 cm³/mol. The van der Waals surface area contributed by atoms with Gasteiger partial charge in [-0.25, -0.2) is 9.18 Å². The monoisotopic (exact) mass is 437 g/mol. The number of nitrogens with one attached hydrogen (secondary N) is 2. The van der Waals surface area contributed by atoms with Gasteiger partial charge >= 0.3 is 5.97 Å². The second-order valence-electron chi connectivity index (χ2n) is 7.66. The fourth-order valence-electron chi connectivity index (χ4n) is 3.95.